The minimum absolute atomic E-state index is 0.0141. The first kappa shape index (κ1) is 17.5. The van der Waals surface area contributed by atoms with Crippen molar-refractivity contribution < 1.29 is 4.79 Å². The Morgan fingerprint density at radius 3 is 2.65 bits per heavy atom. The van der Waals surface area contributed by atoms with Gasteiger partial charge in [0.25, 0.3) is 5.56 Å². The summed E-state index contributed by atoms with van der Waals surface area (Å²) in [7, 11) is 0. The van der Waals surface area contributed by atoms with Gasteiger partial charge in [0.05, 0.1) is 16.7 Å². The van der Waals surface area contributed by atoms with Crippen molar-refractivity contribution in [2.75, 3.05) is 5.75 Å². The Labute approximate surface area is 140 Å². The summed E-state index contributed by atoms with van der Waals surface area (Å²) >= 11 is 1.30. The van der Waals surface area contributed by atoms with E-state index in [1.54, 1.807) is 10.6 Å². The monoisotopic (exact) mass is 333 g/mol. The fourth-order valence-electron chi connectivity index (χ4n) is 2.23. The number of para-hydroxylation sites is 1. The van der Waals surface area contributed by atoms with Crippen LogP contribution in [0.25, 0.3) is 10.9 Å². The molecule has 0 fully saturated rings. The van der Waals surface area contributed by atoms with Crippen LogP contribution in [0.2, 0.25) is 0 Å². The van der Waals surface area contributed by atoms with Gasteiger partial charge in [-0.15, -0.1) is 0 Å². The third kappa shape index (κ3) is 4.13. The number of fused-ring (bicyclic) bond motifs is 1. The summed E-state index contributed by atoms with van der Waals surface area (Å²) in [5, 5.41) is 4.12. The third-order valence-electron chi connectivity index (χ3n) is 3.64. The first-order chi connectivity index (χ1) is 10.9. The van der Waals surface area contributed by atoms with Crippen molar-refractivity contribution in [3.63, 3.8) is 0 Å². The zero-order valence-corrected chi connectivity index (χ0v) is 14.8. The summed E-state index contributed by atoms with van der Waals surface area (Å²) in [6.07, 6.45) is 0.890. The number of nitrogens with zero attached hydrogens (tertiary/aromatic N) is 2. The molecule has 0 spiro atoms. The van der Waals surface area contributed by atoms with E-state index in [9.17, 15) is 9.59 Å². The molecule has 1 amide bonds. The Morgan fingerprint density at radius 1 is 1.30 bits per heavy atom. The van der Waals surface area contributed by atoms with Crippen LogP contribution < -0.4 is 10.9 Å². The van der Waals surface area contributed by atoms with E-state index in [0.717, 1.165) is 6.42 Å². The van der Waals surface area contributed by atoms with Crippen molar-refractivity contribution in [1.29, 1.82) is 0 Å². The van der Waals surface area contributed by atoms with Crippen molar-refractivity contribution in [2.45, 2.75) is 51.4 Å². The van der Waals surface area contributed by atoms with Gasteiger partial charge in [-0.2, -0.15) is 0 Å². The number of amides is 1. The Bertz CT molecular complexity index is 755. The second-order valence-electron chi connectivity index (χ2n) is 5.85. The fraction of sp³-hybridized carbons (Fsp3) is 0.471. The Morgan fingerprint density at radius 2 is 2.00 bits per heavy atom. The molecule has 1 aromatic heterocycles. The molecule has 6 heteroatoms. The first-order valence-electron chi connectivity index (χ1n) is 7.87. The average Bonchev–Trinajstić information content (AvgIpc) is 2.52. The molecule has 1 N–H and O–H groups in total. The van der Waals surface area contributed by atoms with Gasteiger partial charge < -0.3 is 5.32 Å². The lowest BCUT2D eigenvalue weighted by molar-refractivity contribution is -0.119. The number of hydrogen-bond acceptors (Lipinski definition) is 4. The zero-order valence-electron chi connectivity index (χ0n) is 14.0. The molecule has 2 rings (SSSR count). The van der Waals surface area contributed by atoms with Gasteiger partial charge in [0.15, 0.2) is 5.16 Å². The number of rotatable bonds is 6. The van der Waals surface area contributed by atoms with Gasteiger partial charge in [0, 0.05) is 12.1 Å². The highest BCUT2D eigenvalue weighted by molar-refractivity contribution is 7.99. The number of hydrogen-bond donors (Lipinski definition) is 1. The van der Waals surface area contributed by atoms with E-state index >= 15 is 0 Å². The van der Waals surface area contributed by atoms with Crippen LogP contribution in [0.15, 0.2) is 34.2 Å². The maximum atomic E-state index is 12.7. The molecule has 0 radical (unpaired) electrons. The van der Waals surface area contributed by atoms with Gasteiger partial charge in [0.1, 0.15) is 0 Å². The minimum atomic E-state index is -0.0598. The smallest absolute Gasteiger partial charge is 0.262 e. The number of carbonyl (C=O) groups is 1. The lowest BCUT2D eigenvalue weighted by atomic mass is 10.2. The van der Waals surface area contributed by atoms with E-state index in [1.165, 1.54) is 11.8 Å². The van der Waals surface area contributed by atoms with Crippen LogP contribution in [0.3, 0.4) is 0 Å². The van der Waals surface area contributed by atoms with E-state index in [0.29, 0.717) is 16.1 Å². The summed E-state index contributed by atoms with van der Waals surface area (Å²) in [4.78, 5) is 29.2. The molecule has 0 aliphatic carbocycles. The van der Waals surface area contributed by atoms with Gasteiger partial charge >= 0.3 is 0 Å². The van der Waals surface area contributed by atoms with Crippen LogP contribution in [0.1, 0.15) is 40.2 Å². The largest absolute Gasteiger partial charge is 0.353 e. The van der Waals surface area contributed by atoms with Gasteiger partial charge in [-0.25, -0.2) is 4.98 Å². The van der Waals surface area contributed by atoms with Crippen LogP contribution in [0, 0.1) is 0 Å². The van der Waals surface area contributed by atoms with Crippen molar-refractivity contribution in [3.05, 3.63) is 34.6 Å². The van der Waals surface area contributed by atoms with Gasteiger partial charge in [0.2, 0.25) is 5.91 Å². The topological polar surface area (TPSA) is 64.0 Å². The number of carbonyl (C=O) groups excluding carboxylic acids is 1. The van der Waals surface area contributed by atoms with E-state index < -0.39 is 0 Å². The van der Waals surface area contributed by atoms with Crippen molar-refractivity contribution in [3.8, 4) is 0 Å². The molecule has 2 aromatic rings. The van der Waals surface area contributed by atoms with E-state index in [-0.39, 0.29) is 29.3 Å². The molecule has 1 atom stereocenters. The summed E-state index contributed by atoms with van der Waals surface area (Å²) in [5.41, 5.74) is 0.606. The lowest BCUT2D eigenvalue weighted by Crippen LogP contribution is -2.33. The molecule has 0 aliphatic heterocycles. The highest BCUT2D eigenvalue weighted by Crippen LogP contribution is 2.20. The molecule has 1 aromatic carbocycles. The second kappa shape index (κ2) is 7.64. The van der Waals surface area contributed by atoms with Crippen molar-refractivity contribution >= 4 is 28.6 Å². The molecule has 0 aliphatic rings. The number of benzene rings is 1. The Balaban J connectivity index is 2.30. The fourth-order valence-corrected chi connectivity index (χ4v) is 3.17. The quantitative estimate of drug-likeness (QED) is 0.652. The number of aromatic nitrogens is 2. The van der Waals surface area contributed by atoms with Crippen LogP contribution in [-0.2, 0) is 4.79 Å². The van der Waals surface area contributed by atoms with Gasteiger partial charge in [-0.1, -0.05) is 30.8 Å². The lowest BCUT2D eigenvalue weighted by Gasteiger charge is -2.16. The predicted octanol–water partition coefficient (Wildman–Crippen LogP) is 2.98. The van der Waals surface area contributed by atoms with E-state index in [1.807, 2.05) is 45.9 Å². The number of thioether (sulfide) groups is 1. The maximum Gasteiger partial charge on any atom is 0.262 e. The molecule has 0 bridgehead atoms. The van der Waals surface area contributed by atoms with Crippen LogP contribution in [0.4, 0.5) is 0 Å². The number of nitrogens with one attached hydrogen (secondary N) is 1. The molecule has 1 heterocycles. The molecule has 1 unspecified atom stereocenters. The van der Waals surface area contributed by atoms with Crippen molar-refractivity contribution in [1.82, 2.24) is 14.9 Å². The van der Waals surface area contributed by atoms with Crippen LogP contribution in [-0.4, -0.2) is 27.3 Å². The van der Waals surface area contributed by atoms with Gasteiger partial charge in [-0.05, 0) is 39.3 Å². The van der Waals surface area contributed by atoms with E-state index in [4.69, 9.17) is 0 Å². The van der Waals surface area contributed by atoms with Crippen LogP contribution >= 0.6 is 11.8 Å². The molecule has 23 heavy (non-hydrogen) atoms. The summed E-state index contributed by atoms with van der Waals surface area (Å²) in [5.74, 6) is 0.212. The Hall–Kier alpha value is -1.82. The average molecular weight is 333 g/mol. The highest BCUT2D eigenvalue weighted by Gasteiger charge is 2.15. The summed E-state index contributed by atoms with van der Waals surface area (Å²) < 4.78 is 1.66. The van der Waals surface area contributed by atoms with E-state index in [2.05, 4.69) is 10.3 Å². The summed E-state index contributed by atoms with van der Waals surface area (Å²) in [6.45, 7) is 7.89. The normalized spacial score (nSPS) is 12.6. The molecule has 0 saturated carbocycles. The Kier molecular flexibility index (Phi) is 5.82. The van der Waals surface area contributed by atoms with Gasteiger partial charge in [-0.3, -0.25) is 14.2 Å². The van der Waals surface area contributed by atoms with Crippen LogP contribution in [0.5, 0.6) is 0 Å². The SMILES string of the molecule is CCC(C)NC(=O)CSc1nc2ccccc2c(=O)n1C(C)C. The molecule has 0 saturated heterocycles. The zero-order chi connectivity index (χ0) is 17.0. The molecular weight excluding hydrogens is 310 g/mol. The third-order valence-corrected chi connectivity index (χ3v) is 4.60. The second-order valence-corrected chi connectivity index (χ2v) is 6.79. The summed E-state index contributed by atoms with van der Waals surface area (Å²) in [6, 6.07) is 7.44. The van der Waals surface area contributed by atoms with Crippen molar-refractivity contribution in [2.24, 2.45) is 0 Å². The maximum absolute atomic E-state index is 12.7. The standard InChI is InChI=1S/C17H23N3O2S/c1-5-12(4)18-15(21)10-23-17-19-14-9-7-6-8-13(14)16(22)20(17)11(2)3/h6-9,11-12H,5,10H2,1-4H3,(H,18,21). The predicted molar refractivity (Wildman–Crippen MR) is 95.0 cm³/mol. The molecular formula is C17H23N3O2S. The highest BCUT2D eigenvalue weighted by atomic mass is 32.2. The first-order valence-corrected chi connectivity index (χ1v) is 8.86. The molecule has 5 nitrogen and oxygen atoms in total. The molecule has 124 valence electrons. The minimum Gasteiger partial charge on any atom is -0.353 e.